The van der Waals surface area contributed by atoms with Crippen molar-refractivity contribution in [2.45, 2.75) is 0 Å². The van der Waals surface area contributed by atoms with E-state index in [-0.39, 0.29) is 6.61 Å². The highest BCUT2D eigenvalue weighted by Gasteiger charge is 1.87. The van der Waals surface area contributed by atoms with Gasteiger partial charge in [-0.3, -0.25) is 0 Å². The third kappa shape index (κ3) is 7.01. The Kier molecular flexibility index (Phi) is 7.31. The minimum absolute atomic E-state index is 0.255. The van der Waals surface area contributed by atoms with Gasteiger partial charge in [0.2, 0.25) is 0 Å². The Morgan fingerprint density at radius 2 is 2.20 bits per heavy atom. The first-order valence-corrected chi connectivity index (χ1v) is 4.24. The number of carbonyl (C=O) groups is 1. The van der Waals surface area contributed by atoms with E-state index < -0.39 is 5.97 Å². The van der Waals surface area contributed by atoms with Gasteiger partial charge in [0.1, 0.15) is 6.61 Å². The van der Waals surface area contributed by atoms with Crippen molar-refractivity contribution in [2.24, 2.45) is 0 Å². The van der Waals surface area contributed by atoms with E-state index in [1.807, 2.05) is 6.20 Å². The molecule has 4 heteroatoms. The fraction of sp³-hybridized carbons (Fsp3) is 0.0909. The van der Waals surface area contributed by atoms with E-state index >= 15 is 0 Å². The standard InChI is InChI=1S/C6H8O2.C5H6N2/c1-3-5-8-6(7)4-2;1-2-7-4-3-6-5-7/h3-4H,1-2,5H2;2-5H,1H2. The van der Waals surface area contributed by atoms with Gasteiger partial charge < -0.3 is 9.30 Å². The first kappa shape index (κ1) is 12.9. The topological polar surface area (TPSA) is 44.1 Å². The van der Waals surface area contributed by atoms with Gasteiger partial charge in [-0.1, -0.05) is 25.8 Å². The van der Waals surface area contributed by atoms with Crippen molar-refractivity contribution in [3.8, 4) is 0 Å². The van der Waals surface area contributed by atoms with Gasteiger partial charge in [0.15, 0.2) is 0 Å². The summed E-state index contributed by atoms with van der Waals surface area (Å²) in [6.45, 7) is 10.3. The number of rotatable bonds is 4. The summed E-state index contributed by atoms with van der Waals surface area (Å²) in [5, 5.41) is 0. The van der Waals surface area contributed by atoms with E-state index in [0.717, 1.165) is 6.08 Å². The Bertz CT molecular complexity index is 315. The molecular formula is C11H14N2O2. The summed E-state index contributed by atoms with van der Waals surface area (Å²) in [5.74, 6) is -0.412. The maximum atomic E-state index is 10.2. The Labute approximate surface area is 89.2 Å². The van der Waals surface area contributed by atoms with Gasteiger partial charge in [-0.25, -0.2) is 9.78 Å². The second kappa shape index (κ2) is 8.50. The number of aromatic nitrogens is 2. The number of hydrogen-bond acceptors (Lipinski definition) is 3. The lowest BCUT2D eigenvalue weighted by molar-refractivity contribution is -0.136. The van der Waals surface area contributed by atoms with Crippen molar-refractivity contribution in [3.63, 3.8) is 0 Å². The lowest BCUT2D eigenvalue weighted by Crippen LogP contribution is -1.98. The molecule has 0 aliphatic carbocycles. The molecule has 0 aromatic carbocycles. The molecule has 0 unspecified atom stereocenters. The largest absolute Gasteiger partial charge is 0.458 e. The quantitative estimate of drug-likeness (QED) is 0.429. The van der Waals surface area contributed by atoms with Crippen LogP contribution in [0.5, 0.6) is 0 Å². The number of nitrogens with zero attached hydrogens (tertiary/aromatic N) is 2. The van der Waals surface area contributed by atoms with E-state index in [2.05, 4.69) is 29.5 Å². The lowest BCUT2D eigenvalue weighted by atomic mass is 10.6. The molecule has 80 valence electrons. The number of hydrogen-bond donors (Lipinski definition) is 0. The third-order valence-electron chi connectivity index (χ3n) is 1.25. The fourth-order valence-electron chi connectivity index (χ4n) is 0.577. The van der Waals surface area contributed by atoms with E-state index in [9.17, 15) is 4.79 Å². The van der Waals surface area contributed by atoms with Crippen molar-refractivity contribution in [2.75, 3.05) is 6.61 Å². The minimum Gasteiger partial charge on any atom is -0.458 e. The summed E-state index contributed by atoms with van der Waals surface area (Å²) in [6, 6.07) is 0. The van der Waals surface area contributed by atoms with Crippen LogP contribution in [-0.2, 0) is 9.53 Å². The molecule has 1 heterocycles. The highest BCUT2D eigenvalue weighted by molar-refractivity contribution is 5.81. The van der Waals surface area contributed by atoms with Crippen LogP contribution in [0, 0.1) is 0 Å². The van der Waals surface area contributed by atoms with E-state index in [1.54, 1.807) is 23.3 Å². The van der Waals surface area contributed by atoms with Crippen LogP contribution in [0.2, 0.25) is 0 Å². The zero-order valence-electron chi connectivity index (χ0n) is 8.50. The van der Waals surface area contributed by atoms with Gasteiger partial charge in [0.25, 0.3) is 0 Å². The SMILES string of the molecule is C=CCOC(=O)C=C.C=Cn1ccnc1. The number of imidazole rings is 1. The van der Waals surface area contributed by atoms with E-state index in [4.69, 9.17) is 0 Å². The maximum Gasteiger partial charge on any atom is 0.330 e. The first-order chi connectivity index (χ1) is 7.24. The van der Waals surface area contributed by atoms with Crippen LogP contribution >= 0.6 is 0 Å². The number of carbonyl (C=O) groups excluding carboxylic acids is 1. The molecule has 0 atom stereocenters. The van der Waals surface area contributed by atoms with Crippen LogP contribution in [0.15, 0.2) is 50.6 Å². The number of ether oxygens (including phenoxy) is 1. The van der Waals surface area contributed by atoms with Crippen molar-refractivity contribution >= 4 is 12.2 Å². The van der Waals surface area contributed by atoms with Crippen molar-refractivity contribution in [1.29, 1.82) is 0 Å². The normalized spacial score (nSPS) is 8.00. The summed E-state index contributed by atoms with van der Waals surface area (Å²) in [7, 11) is 0. The summed E-state index contributed by atoms with van der Waals surface area (Å²) >= 11 is 0. The molecule has 1 rings (SSSR count). The van der Waals surface area contributed by atoms with Gasteiger partial charge in [-0.05, 0) is 0 Å². The number of esters is 1. The molecule has 4 nitrogen and oxygen atoms in total. The summed E-state index contributed by atoms with van der Waals surface area (Å²) in [6.07, 6.45) is 9.53. The van der Waals surface area contributed by atoms with Crippen molar-refractivity contribution in [3.05, 3.63) is 50.6 Å². The van der Waals surface area contributed by atoms with Crippen LogP contribution in [-0.4, -0.2) is 22.1 Å². The molecule has 1 aromatic heterocycles. The second-order valence-electron chi connectivity index (χ2n) is 2.32. The summed E-state index contributed by atoms with van der Waals surface area (Å²) < 4.78 is 6.24. The first-order valence-electron chi connectivity index (χ1n) is 4.24. The smallest absolute Gasteiger partial charge is 0.330 e. The van der Waals surface area contributed by atoms with Crippen LogP contribution in [0.25, 0.3) is 6.20 Å². The zero-order chi connectivity index (χ0) is 11.5. The van der Waals surface area contributed by atoms with Crippen LogP contribution in [0.4, 0.5) is 0 Å². The van der Waals surface area contributed by atoms with Gasteiger partial charge in [-0.15, -0.1) is 0 Å². The molecular weight excluding hydrogens is 192 g/mol. The molecule has 0 aliphatic heterocycles. The van der Waals surface area contributed by atoms with Crippen LogP contribution in [0.1, 0.15) is 0 Å². The molecule has 0 N–H and O–H groups in total. The highest BCUT2D eigenvalue weighted by atomic mass is 16.5. The summed E-state index contributed by atoms with van der Waals surface area (Å²) in [4.78, 5) is 14.0. The predicted molar refractivity (Wildman–Crippen MR) is 60.0 cm³/mol. The average Bonchev–Trinajstić information content (AvgIpc) is 2.79. The molecule has 15 heavy (non-hydrogen) atoms. The predicted octanol–water partition coefficient (Wildman–Crippen LogP) is 1.89. The Balaban J connectivity index is 0.000000262. The lowest BCUT2D eigenvalue weighted by Gasteiger charge is -1.92. The van der Waals surface area contributed by atoms with E-state index in [1.165, 1.54) is 6.08 Å². The van der Waals surface area contributed by atoms with Gasteiger partial charge in [0, 0.05) is 24.7 Å². The van der Waals surface area contributed by atoms with E-state index in [0.29, 0.717) is 0 Å². The van der Waals surface area contributed by atoms with Gasteiger partial charge >= 0.3 is 5.97 Å². The molecule has 0 saturated carbocycles. The highest BCUT2D eigenvalue weighted by Crippen LogP contribution is 1.81. The Morgan fingerprint density at radius 1 is 1.47 bits per heavy atom. The molecule has 0 amide bonds. The zero-order valence-corrected chi connectivity index (χ0v) is 8.50. The second-order valence-corrected chi connectivity index (χ2v) is 2.32. The summed E-state index contributed by atoms with van der Waals surface area (Å²) in [5.41, 5.74) is 0. The third-order valence-corrected chi connectivity index (χ3v) is 1.25. The monoisotopic (exact) mass is 206 g/mol. The molecule has 0 saturated heterocycles. The molecule has 1 aromatic rings. The minimum atomic E-state index is -0.412. The van der Waals surface area contributed by atoms with Crippen molar-refractivity contribution in [1.82, 2.24) is 9.55 Å². The van der Waals surface area contributed by atoms with Gasteiger partial charge in [0.05, 0.1) is 6.33 Å². The Hall–Kier alpha value is -2.10. The Morgan fingerprint density at radius 3 is 2.53 bits per heavy atom. The fourth-order valence-corrected chi connectivity index (χ4v) is 0.577. The van der Waals surface area contributed by atoms with Crippen molar-refractivity contribution < 1.29 is 9.53 Å². The van der Waals surface area contributed by atoms with Crippen LogP contribution in [0.3, 0.4) is 0 Å². The van der Waals surface area contributed by atoms with Crippen LogP contribution < -0.4 is 0 Å². The molecule has 0 fully saturated rings. The molecule has 0 bridgehead atoms. The molecule has 0 radical (unpaired) electrons. The average molecular weight is 206 g/mol. The molecule has 0 spiro atoms. The molecule has 0 aliphatic rings. The maximum absolute atomic E-state index is 10.2. The van der Waals surface area contributed by atoms with Gasteiger partial charge in [-0.2, -0.15) is 0 Å².